The van der Waals surface area contributed by atoms with Crippen LogP contribution in [-0.4, -0.2) is 59.8 Å². The Morgan fingerprint density at radius 2 is 1.59 bits per heavy atom. The van der Waals surface area contributed by atoms with Gasteiger partial charge < -0.3 is 14.4 Å². The zero-order chi connectivity index (χ0) is 23.9. The van der Waals surface area contributed by atoms with Crippen molar-refractivity contribution in [1.29, 1.82) is 0 Å². The fourth-order valence-electron chi connectivity index (χ4n) is 3.73. The standard InChI is InChI=1S/C27H40N2O3/c1-20(2)29(21(3)4)17-16-28(26(30)32-27(6,7)8)18-22(5)19-31-25-15-11-13-23-12-9-10-14-24(23)25/h9-15,20-21H,5,16-19H2,1-4,6-8H3. The summed E-state index contributed by atoms with van der Waals surface area (Å²) in [5.74, 6) is 0.818. The Morgan fingerprint density at radius 3 is 2.22 bits per heavy atom. The van der Waals surface area contributed by atoms with Crippen molar-refractivity contribution in [2.75, 3.05) is 26.2 Å². The molecule has 0 fully saturated rings. The summed E-state index contributed by atoms with van der Waals surface area (Å²) in [7, 11) is 0. The highest BCUT2D eigenvalue weighted by molar-refractivity contribution is 5.88. The van der Waals surface area contributed by atoms with E-state index in [4.69, 9.17) is 9.47 Å². The van der Waals surface area contributed by atoms with Crippen molar-refractivity contribution in [2.45, 2.75) is 66.2 Å². The van der Waals surface area contributed by atoms with Gasteiger partial charge in [0.25, 0.3) is 0 Å². The third-order valence-corrected chi connectivity index (χ3v) is 5.20. The van der Waals surface area contributed by atoms with E-state index >= 15 is 0 Å². The number of benzene rings is 2. The molecule has 32 heavy (non-hydrogen) atoms. The Morgan fingerprint density at radius 1 is 0.969 bits per heavy atom. The lowest BCUT2D eigenvalue weighted by Crippen LogP contribution is -2.46. The van der Waals surface area contributed by atoms with Gasteiger partial charge >= 0.3 is 6.09 Å². The molecule has 0 bridgehead atoms. The van der Waals surface area contributed by atoms with E-state index in [1.807, 2.05) is 51.1 Å². The SMILES string of the molecule is C=C(COc1cccc2ccccc12)CN(CCN(C(C)C)C(C)C)C(=O)OC(C)(C)C. The molecule has 0 saturated carbocycles. The second-order valence-corrected chi connectivity index (χ2v) is 9.84. The molecule has 0 aliphatic heterocycles. The van der Waals surface area contributed by atoms with E-state index in [1.165, 1.54) is 0 Å². The van der Waals surface area contributed by atoms with Crippen LogP contribution in [0.2, 0.25) is 0 Å². The van der Waals surface area contributed by atoms with Crippen LogP contribution in [0.3, 0.4) is 0 Å². The summed E-state index contributed by atoms with van der Waals surface area (Å²) in [5.41, 5.74) is 0.274. The number of hydrogen-bond acceptors (Lipinski definition) is 4. The van der Waals surface area contributed by atoms with E-state index in [2.05, 4.69) is 51.3 Å². The quantitative estimate of drug-likeness (QED) is 0.417. The first-order chi connectivity index (χ1) is 15.0. The lowest BCUT2D eigenvalue weighted by molar-refractivity contribution is 0.0230. The highest BCUT2D eigenvalue weighted by atomic mass is 16.6. The Bertz CT molecular complexity index is 886. The fourth-order valence-corrected chi connectivity index (χ4v) is 3.73. The average Bonchev–Trinajstić information content (AvgIpc) is 2.69. The number of fused-ring (bicyclic) bond motifs is 1. The van der Waals surface area contributed by atoms with Crippen LogP contribution in [0.15, 0.2) is 54.6 Å². The van der Waals surface area contributed by atoms with Gasteiger partial charge in [0.05, 0.1) is 0 Å². The molecule has 0 atom stereocenters. The number of rotatable bonds is 10. The predicted molar refractivity (Wildman–Crippen MR) is 133 cm³/mol. The molecule has 0 aliphatic rings. The molecule has 0 radical (unpaired) electrons. The van der Waals surface area contributed by atoms with Crippen LogP contribution in [0.1, 0.15) is 48.5 Å². The van der Waals surface area contributed by atoms with Gasteiger partial charge in [0.2, 0.25) is 0 Å². The third-order valence-electron chi connectivity index (χ3n) is 5.20. The monoisotopic (exact) mass is 440 g/mol. The smallest absolute Gasteiger partial charge is 0.410 e. The van der Waals surface area contributed by atoms with Gasteiger partial charge in [-0.05, 0) is 65.5 Å². The molecule has 0 unspecified atom stereocenters. The molecule has 0 aromatic heterocycles. The highest BCUT2D eigenvalue weighted by Gasteiger charge is 2.24. The van der Waals surface area contributed by atoms with Gasteiger partial charge in [-0.1, -0.05) is 43.0 Å². The lowest BCUT2D eigenvalue weighted by atomic mass is 10.1. The molecule has 0 aliphatic carbocycles. The first kappa shape index (κ1) is 25.7. The van der Waals surface area contributed by atoms with Crippen molar-refractivity contribution >= 4 is 16.9 Å². The molecule has 0 spiro atoms. The summed E-state index contributed by atoms with van der Waals surface area (Å²) in [6.45, 7) is 20.6. The van der Waals surface area contributed by atoms with E-state index < -0.39 is 5.60 Å². The van der Waals surface area contributed by atoms with Gasteiger partial charge in [-0.15, -0.1) is 0 Å². The number of amides is 1. The van der Waals surface area contributed by atoms with Crippen molar-refractivity contribution in [1.82, 2.24) is 9.80 Å². The summed E-state index contributed by atoms with van der Waals surface area (Å²) in [6, 6.07) is 14.9. The first-order valence-corrected chi connectivity index (χ1v) is 11.5. The van der Waals surface area contributed by atoms with Crippen LogP contribution in [0, 0.1) is 0 Å². The van der Waals surface area contributed by atoms with Crippen LogP contribution < -0.4 is 4.74 Å². The summed E-state index contributed by atoms with van der Waals surface area (Å²) in [6.07, 6.45) is -0.323. The Kier molecular flexibility index (Phi) is 9.14. The van der Waals surface area contributed by atoms with Crippen molar-refractivity contribution in [2.24, 2.45) is 0 Å². The van der Waals surface area contributed by atoms with E-state index in [9.17, 15) is 4.79 Å². The Balaban J connectivity index is 2.06. The molecule has 2 rings (SSSR count). The number of carbonyl (C=O) groups is 1. The maximum absolute atomic E-state index is 12.9. The molecule has 176 valence electrons. The summed E-state index contributed by atoms with van der Waals surface area (Å²) >= 11 is 0. The molecule has 5 heteroatoms. The summed E-state index contributed by atoms with van der Waals surface area (Å²) in [4.78, 5) is 17.0. The van der Waals surface area contributed by atoms with Gasteiger partial charge in [-0.2, -0.15) is 0 Å². The predicted octanol–water partition coefficient (Wildman–Crippen LogP) is 6.13. The summed E-state index contributed by atoms with van der Waals surface area (Å²) in [5, 5.41) is 2.20. The van der Waals surface area contributed by atoms with E-state index in [-0.39, 0.29) is 6.09 Å². The first-order valence-electron chi connectivity index (χ1n) is 11.5. The maximum atomic E-state index is 12.9. The van der Waals surface area contributed by atoms with Crippen LogP contribution in [0.5, 0.6) is 5.75 Å². The molecule has 0 heterocycles. The number of carbonyl (C=O) groups excluding carboxylic acids is 1. The van der Waals surface area contributed by atoms with Crippen molar-refractivity contribution in [3.05, 3.63) is 54.6 Å². The zero-order valence-electron chi connectivity index (χ0n) is 20.9. The molecular weight excluding hydrogens is 400 g/mol. The Hall–Kier alpha value is -2.53. The lowest BCUT2D eigenvalue weighted by Gasteiger charge is -2.34. The molecule has 1 amide bonds. The molecular formula is C27H40N2O3. The normalized spacial score (nSPS) is 11.9. The van der Waals surface area contributed by atoms with Gasteiger partial charge in [0, 0.05) is 37.1 Å². The second-order valence-electron chi connectivity index (χ2n) is 9.84. The Labute approximate surface area is 194 Å². The minimum atomic E-state index is -0.550. The molecule has 2 aromatic rings. The van der Waals surface area contributed by atoms with Crippen LogP contribution in [0.25, 0.3) is 10.8 Å². The number of nitrogens with zero attached hydrogens (tertiary/aromatic N) is 2. The highest BCUT2D eigenvalue weighted by Crippen LogP contribution is 2.25. The van der Waals surface area contributed by atoms with E-state index in [1.54, 1.807) is 4.90 Å². The molecule has 5 nitrogen and oxygen atoms in total. The van der Waals surface area contributed by atoms with Crippen molar-refractivity contribution in [3.8, 4) is 5.75 Å². The number of ether oxygens (including phenoxy) is 2. The molecule has 2 aromatic carbocycles. The fraction of sp³-hybridized carbons (Fsp3) is 0.519. The van der Waals surface area contributed by atoms with E-state index in [0.29, 0.717) is 31.8 Å². The largest absolute Gasteiger partial charge is 0.489 e. The van der Waals surface area contributed by atoms with Gasteiger partial charge in [-0.3, -0.25) is 4.90 Å². The van der Waals surface area contributed by atoms with Crippen LogP contribution in [-0.2, 0) is 4.74 Å². The minimum absolute atomic E-state index is 0.323. The average molecular weight is 441 g/mol. The molecule has 0 saturated heterocycles. The van der Waals surface area contributed by atoms with Gasteiger partial charge in [0.15, 0.2) is 0 Å². The van der Waals surface area contributed by atoms with Crippen LogP contribution in [0.4, 0.5) is 4.79 Å². The van der Waals surface area contributed by atoms with E-state index in [0.717, 1.165) is 28.6 Å². The number of hydrogen-bond donors (Lipinski definition) is 0. The minimum Gasteiger partial charge on any atom is -0.489 e. The van der Waals surface area contributed by atoms with Crippen LogP contribution >= 0.6 is 0 Å². The molecule has 0 N–H and O–H groups in total. The van der Waals surface area contributed by atoms with Crippen molar-refractivity contribution in [3.63, 3.8) is 0 Å². The topological polar surface area (TPSA) is 42.0 Å². The maximum Gasteiger partial charge on any atom is 0.410 e. The third kappa shape index (κ3) is 7.86. The second kappa shape index (κ2) is 11.4. The van der Waals surface area contributed by atoms with Crippen molar-refractivity contribution < 1.29 is 14.3 Å². The summed E-state index contributed by atoms with van der Waals surface area (Å²) < 4.78 is 11.7. The zero-order valence-corrected chi connectivity index (χ0v) is 20.9. The van der Waals surface area contributed by atoms with Gasteiger partial charge in [0.1, 0.15) is 18.0 Å². The van der Waals surface area contributed by atoms with Gasteiger partial charge in [-0.25, -0.2) is 4.79 Å².